The number of benzene rings is 2. The number of aromatic nitrogens is 3. The molecule has 2 aromatic carbocycles. The van der Waals surface area contributed by atoms with Gasteiger partial charge < -0.3 is 15.4 Å². The topological polar surface area (TPSA) is 121 Å². The molecule has 1 saturated heterocycles. The van der Waals surface area contributed by atoms with Crippen LogP contribution >= 0.6 is 20.6 Å². The van der Waals surface area contributed by atoms with Crippen LogP contribution in [0.25, 0.3) is 10.3 Å². The fraction of sp³-hybridized carbons (Fsp3) is 0.433. The molecule has 0 aliphatic carbocycles. The first-order valence-corrected chi connectivity index (χ1v) is 17.7. The summed E-state index contributed by atoms with van der Waals surface area (Å²) in [5, 5.41) is 8.37. The fourth-order valence-electron chi connectivity index (χ4n) is 3.87. The highest BCUT2D eigenvalue weighted by Crippen LogP contribution is 2.32. The third-order valence-electron chi connectivity index (χ3n) is 5.96. The first-order chi connectivity index (χ1) is 20.9. The smallest absolute Gasteiger partial charge is 0.240 e. The van der Waals surface area contributed by atoms with E-state index in [2.05, 4.69) is 57.4 Å². The number of nitrogens with zero attached hydrogens (tertiary/aromatic N) is 4. The van der Waals surface area contributed by atoms with Crippen LogP contribution in [-0.4, -0.2) is 67.7 Å². The van der Waals surface area contributed by atoms with Gasteiger partial charge in [-0.15, -0.1) is 9.24 Å². The minimum atomic E-state index is -3.59. The molecule has 2 aromatic heterocycles. The molecule has 236 valence electrons. The number of anilines is 4. The number of nitrogens with one attached hydrogen (secondary N) is 3. The number of aryl methyl sites for hydroxylation is 1. The van der Waals surface area contributed by atoms with Crippen LogP contribution in [0.2, 0.25) is 0 Å². The Morgan fingerprint density at radius 3 is 2.23 bits per heavy atom. The highest BCUT2D eigenvalue weighted by atomic mass is 32.2. The number of fused-ring (bicyclic) bond motifs is 1. The minimum Gasteiger partial charge on any atom is -0.379 e. The molecule has 0 radical (unpaired) electrons. The Bertz CT molecular complexity index is 1490. The summed E-state index contributed by atoms with van der Waals surface area (Å²) in [5.41, 5.74) is 3.39. The zero-order valence-electron chi connectivity index (χ0n) is 26.3. The summed E-state index contributed by atoms with van der Waals surface area (Å²) in [6, 6.07) is 12.7. The van der Waals surface area contributed by atoms with Gasteiger partial charge in [0, 0.05) is 37.6 Å². The predicted octanol–water partition coefficient (Wildman–Crippen LogP) is 6.07. The van der Waals surface area contributed by atoms with Crippen LogP contribution in [-0.2, 0) is 14.8 Å². The van der Waals surface area contributed by atoms with Gasteiger partial charge in [-0.05, 0) is 54.2 Å². The van der Waals surface area contributed by atoms with Crippen molar-refractivity contribution in [3.05, 3.63) is 54.4 Å². The molecule has 1 atom stereocenters. The van der Waals surface area contributed by atoms with Crippen molar-refractivity contribution in [2.45, 2.75) is 53.4 Å². The van der Waals surface area contributed by atoms with Crippen LogP contribution in [0.15, 0.2) is 53.7 Å². The van der Waals surface area contributed by atoms with Gasteiger partial charge >= 0.3 is 0 Å². The van der Waals surface area contributed by atoms with E-state index in [-0.39, 0.29) is 4.90 Å². The maximum atomic E-state index is 12.7. The second kappa shape index (κ2) is 18.8. The van der Waals surface area contributed by atoms with Crippen molar-refractivity contribution in [3.63, 3.8) is 0 Å². The fourth-order valence-corrected chi connectivity index (χ4v) is 5.96. The van der Waals surface area contributed by atoms with Gasteiger partial charge in [0.1, 0.15) is 11.0 Å². The van der Waals surface area contributed by atoms with Gasteiger partial charge in [-0.2, -0.15) is 4.98 Å². The van der Waals surface area contributed by atoms with Crippen molar-refractivity contribution in [2.24, 2.45) is 0 Å². The summed E-state index contributed by atoms with van der Waals surface area (Å²) in [6.07, 6.45) is 1.48. The molecule has 0 saturated carbocycles. The molecule has 0 bridgehead atoms. The first kappa shape index (κ1) is 36.5. The molecule has 0 amide bonds. The first-order valence-electron chi connectivity index (χ1n) is 14.8. The maximum absolute atomic E-state index is 12.7. The van der Waals surface area contributed by atoms with Gasteiger partial charge in [-0.25, -0.2) is 23.1 Å². The maximum Gasteiger partial charge on any atom is 0.240 e. The molecule has 1 aliphatic rings. The minimum absolute atomic E-state index is 0.216. The normalized spacial score (nSPS) is 13.0. The summed E-state index contributed by atoms with van der Waals surface area (Å²) in [4.78, 5) is 15.7. The summed E-state index contributed by atoms with van der Waals surface area (Å²) in [7, 11) is -0.871. The summed E-state index contributed by atoms with van der Waals surface area (Å²) >= 11 is 1.42. The molecule has 13 heteroatoms. The average Bonchev–Trinajstić information content (AvgIpc) is 3.46. The Morgan fingerprint density at radius 1 is 0.930 bits per heavy atom. The van der Waals surface area contributed by atoms with Crippen LogP contribution < -0.4 is 20.7 Å². The van der Waals surface area contributed by atoms with E-state index in [0.717, 1.165) is 40.0 Å². The van der Waals surface area contributed by atoms with Crippen LogP contribution in [0.5, 0.6) is 0 Å². The monoisotopic (exact) mass is 647 g/mol. The van der Waals surface area contributed by atoms with Gasteiger partial charge in [-0.3, -0.25) is 4.90 Å². The van der Waals surface area contributed by atoms with Crippen LogP contribution in [0.1, 0.15) is 47.1 Å². The van der Waals surface area contributed by atoms with Gasteiger partial charge in [0.2, 0.25) is 10.0 Å². The highest BCUT2D eigenvalue weighted by Gasteiger charge is 2.16. The Hall–Kier alpha value is -2.73. The van der Waals surface area contributed by atoms with Crippen molar-refractivity contribution < 1.29 is 13.2 Å². The number of sulfonamides is 1. The lowest BCUT2D eigenvalue weighted by Crippen LogP contribution is -2.41. The predicted molar refractivity (Wildman–Crippen MR) is 185 cm³/mol. The molecule has 5 rings (SSSR count). The van der Waals surface area contributed by atoms with Crippen LogP contribution in [0, 0.1) is 6.92 Å². The number of morpholine rings is 1. The molecule has 1 fully saturated rings. The zero-order chi connectivity index (χ0) is 31.8. The summed E-state index contributed by atoms with van der Waals surface area (Å²) < 4.78 is 34.2. The largest absolute Gasteiger partial charge is 0.379 e. The highest BCUT2D eigenvalue weighted by molar-refractivity contribution is 7.89. The Kier molecular flexibility index (Phi) is 16.0. The Morgan fingerprint density at radius 2 is 1.58 bits per heavy atom. The van der Waals surface area contributed by atoms with Crippen molar-refractivity contribution >= 4 is 68.6 Å². The lowest BCUT2D eigenvalue weighted by Gasteiger charge is -2.26. The van der Waals surface area contributed by atoms with Gasteiger partial charge in [0.25, 0.3) is 0 Å². The van der Waals surface area contributed by atoms with E-state index < -0.39 is 10.0 Å². The number of thiazole rings is 1. The molecule has 1 aliphatic heterocycles. The van der Waals surface area contributed by atoms with Crippen LogP contribution in [0.3, 0.4) is 0 Å². The quantitative estimate of drug-likeness (QED) is 0.186. The van der Waals surface area contributed by atoms with Crippen molar-refractivity contribution in [1.82, 2.24) is 24.6 Å². The molecule has 3 N–H and O–H groups in total. The second-order valence-electron chi connectivity index (χ2n) is 8.59. The van der Waals surface area contributed by atoms with Gasteiger partial charge in [0.15, 0.2) is 16.6 Å². The third kappa shape index (κ3) is 10.7. The van der Waals surface area contributed by atoms with Crippen molar-refractivity contribution in [3.8, 4) is 0 Å². The van der Waals surface area contributed by atoms with E-state index in [1.165, 1.54) is 17.7 Å². The number of rotatable bonds is 9. The van der Waals surface area contributed by atoms with E-state index in [9.17, 15) is 8.42 Å². The second-order valence-corrected chi connectivity index (χ2v) is 12.0. The van der Waals surface area contributed by atoms with E-state index in [1.54, 1.807) is 24.3 Å². The average molecular weight is 648 g/mol. The van der Waals surface area contributed by atoms with E-state index in [4.69, 9.17) is 4.74 Å². The lowest BCUT2D eigenvalue weighted by molar-refractivity contribution is 0.0390. The van der Waals surface area contributed by atoms with E-state index >= 15 is 0 Å². The standard InChI is InChI=1S/C24H28N7O3PS2.3C2H6/c1-16-14-18(4-7-20(16)35)28-22-21-23(26-15-25-22)30-24(36-21)29-17-2-5-19(6-3-17)37(32,33)27-8-9-31-10-12-34-13-11-31;3*1-2/h2-7,14-15,27H,8-13,35H2,1H3,(H2,25,26,28,29,30);3*1-2H3. The molecule has 43 heavy (non-hydrogen) atoms. The number of hydrogen-bond donors (Lipinski definition) is 3. The Balaban J connectivity index is 0.00000101. The molecule has 4 aromatic rings. The Labute approximate surface area is 263 Å². The lowest BCUT2D eigenvalue weighted by atomic mass is 10.2. The summed E-state index contributed by atoms with van der Waals surface area (Å²) in [5.74, 6) is 0.677. The van der Waals surface area contributed by atoms with E-state index in [1.807, 2.05) is 53.7 Å². The number of ether oxygens (including phenoxy) is 1. The SMILES string of the molecule is CC.CC.CC.Cc1cc(Nc2ncnc3nc(Nc4ccc(S(=O)(=O)NCCN5CCOCC5)cc4)sc23)ccc1P. The van der Waals surface area contributed by atoms with Gasteiger partial charge in [-0.1, -0.05) is 58.9 Å². The van der Waals surface area contributed by atoms with E-state index in [0.29, 0.717) is 42.9 Å². The molecule has 0 spiro atoms. The third-order valence-corrected chi connectivity index (χ3v) is 9.05. The van der Waals surface area contributed by atoms with Crippen molar-refractivity contribution in [1.29, 1.82) is 0 Å². The summed E-state index contributed by atoms with van der Waals surface area (Å²) in [6.45, 7) is 18.1. The zero-order valence-corrected chi connectivity index (χ0v) is 29.1. The van der Waals surface area contributed by atoms with Gasteiger partial charge in [0.05, 0.1) is 18.1 Å². The van der Waals surface area contributed by atoms with Crippen LogP contribution in [0.4, 0.5) is 22.3 Å². The molecule has 10 nitrogen and oxygen atoms in total. The molecule has 3 heterocycles. The number of hydrogen-bond acceptors (Lipinski definition) is 10. The molecular formula is C30H46N7O3PS2. The molecular weight excluding hydrogens is 601 g/mol. The van der Waals surface area contributed by atoms with Crippen molar-refractivity contribution in [2.75, 3.05) is 50.0 Å². The molecule has 1 unspecified atom stereocenters.